The average Bonchev–Trinajstić information content (AvgIpc) is 2.77. The molecule has 108 valence electrons. The topological polar surface area (TPSA) is 54.3 Å². The van der Waals surface area contributed by atoms with Crippen molar-refractivity contribution in [2.24, 2.45) is 5.92 Å². The van der Waals surface area contributed by atoms with Gasteiger partial charge in [-0.2, -0.15) is 0 Å². The van der Waals surface area contributed by atoms with Crippen LogP contribution in [0.1, 0.15) is 31.2 Å². The van der Waals surface area contributed by atoms with E-state index >= 15 is 0 Å². The summed E-state index contributed by atoms with van der Waals surface area (Å²) in [7, 11) is 1.84. The molecule has 2 aromatic rings. The van der Waals surface area contributed by atoms with E-state index in [9.17, 15) is 4.79 Å². The van der Waals surface area contributed by atoms with Crippen molar-refractivity contribution in [2.45, 2.75) is 26.8 Å². The summed E-state index contributed by atoms with van der Waals surface area (Å²) in [5.74, 6) is 0.801. The Hall–Kier alpha value is -1.81. The third kappa shape index (κ3) is 2.85. The molecule has 0 bridgehead atoms. The molecule has 0 radical (unpaired) electrons. The van der Waals surface area contributed by atoms with Crippen molar-refractivity contribution in [3.05, 3.63) is 35.6 Å². The molecule has 2 rings (SSSR count). The summed E-state index contributed by atoms with van der Waals surface area (Å²) in [6.45, 7) is 6.55. The van der Waals surface area contributed by atoms with E-state index in [4.69, 9.17) is 4.42 Å². The Morgan fingerprint density at radius 2 is 2.00 bits per heavy atom. The quantitative estimate of drug-likeness (QED) is 0.881. The minimum Gasteiger partial charge on any atom is -0.459 e. The zero-order chi connectivity index (χ0) is 14.7. The van der Waals surface area contributed by atoms with Crippen molar-refractivity contribution in [3.8, 4) is 0 Å². The van der Waals surface area contributed by atoms with Crippen LogP contribution >= 0.6 is 0 Å². The van der Waals surface area contributed by atoms with Gasteiger partial charge in [-0.15, -0.1) is 0 Å². The predicted molar refractivity (Wildman–Crippen MR) is 80.6 cm³/mol. The molecular formula is C16H22N2O2. The van der Waals surface area contributed by atoms with Crippen LogP contribution in [0.2, 0.25) is 0 Å². The van der Waals surface area contributed by atoms with E-state index < -0.39 is 0 Å². The minimum absolute atomic E-state index is 0.0340. The molecule has 1 aromatic carbocycles. The van der Waals surface area contributed by atoms with E-state index in [-0.39, 0.29) is 17.9 Å². The first kappa shape index (κ1) is 14.6. The van der Waals surface area contributed by atoms with Crippen molar-refractivity contribution < 1.29 is 9.21 Å². The molecule has 0 aliphatic carbocycles. The molecule has 20 heavy (non-hydrogen) atoms. The lowest BCUT2D eigenvalue weighted by Gasteiger charge is -2.16. The number of para-hydroxylation sites is 1. The van der Waals surface area contributed by atoms with Gasteiger partial charge in [-0.1, -0.05) is 25.1 Å². The third-order valence-corrected chi connectivity index (χ3v) is 3.59. The molecule has 2 N–H and O–H groups in total. The van der Waals surface area contributed by atoms with Gasteiger partial charge in [0.2, 0.25) is 5.91 Å². The number of nitrogens with one attached hydrogen (secondary N) is 2. The number of aryl methyl sites for hydroxylation is 1. The van der Waals surface area contributed by atoms with Crippen LogP contribution in [0.4, 0.5) is 0 Å². The maximum atomic E-state index is 12.1. The Labute approximate surface area is 119 Å². The molecule has 2 unspecified atom stereocenters. The lowest BCUT2D eigenvalue weighted by Crippen LogP contribution is -2.35. The number of hydrogen-bond donors (Lipinski definition) is 2. The lowest BCUT2D eigenvalue weighted by molar-refractivity contribution is -0.125. The van der Waals surface area contributed by atoms with Crippen LogP contribution in [0, 0.1) is 12.8 Å². The van der Waals surface area contributed by atoms with E-state index in [0.717, 1.165) is 22.3 Å². The Morgan fingerprint density at radius 3 is 2.65 bits per heavy atom. The molecule has 4 heteroatoms. The number of hydrogen-bond acceptors (Lipinski definition) is 3. The summed E-state index contributed by atoms with van der Waals surface area (Å²) in [5.41, 5.74) is 1.96. The Bertz CT molecular complexity index is 604. The summed E-state index contributed by atoms with van der Waals surface area (Å²) < 4.78 is 5.87. The van der Waals surface area contributed by atoms with Crippen molar-refractivity contribution in [1.29, 1.82) is 0 Å². The van der Waals surface area contributed by atoms with Crippen LogP contribution in [-0.4, -0.2) is 19.5 Å². The van der Waals surface area contributed by atoms with Gasteiger partial charge in [0.15, 0.2) is 0 Å². The van der Waals surface area contributed by atoms with E-state index in [2.05, 4.69) is 10.6 Å². The largest absolute Gasteiger partial charge is 0.459 e. The molecule has 0 saturated heterocycles. The monoisotopic (exact) mass is 274 g/mol. The first-order chi connectivity index (χ1) is 9.54. The summed E-state index contributed by atoms with van der Waals surface area (Å²) in [6, 6.07) is 7.80. The average molecular weight is 274 g/mol. The van der Waals surface area contributed by atoms with Crippen molar-refractivity contribution in [2.75, 3.05) is 13.6 Å². The van der Waals surface area contributed by atoms with Crippen LogP contribution in [-0.2, 0) is 4.79 Å². The molecule has 0 spiro atoms. The van der Waals surface area contributed by atoms with E-state index in [1.807, 2.05) is 52.1 Å². The predicted octanol–water partition coefficient (Wildman–Crippen LogP) is 2.77. The molecule has 2 atom stereocenters. The Balaban J connectivity index is 2.17. The van der Waals surface area contributed by atoms with E-state index in [1.165, 1.54) is 0 Å². The van der Waals surface area contributed by atoms with Crippen LogP contribution in [0.5, 0.6) is 0 Å². The van der Waals surface area contributed by atoms with Crippen molar-refractivity contribution in [1.82, 2.24) is 10.6 Å². The number of rotatable bonds is 5. The SMILES string of the molecule is CNCC(C)C(=O)NC(C)c1oc2ccccc2c1C. The fourth-order valence-electron chi connectivity index (χ4n) is 2.43. The smallest absolute Gasteiger partial charge is 0.224 e. The molecule has 1 amide bonds. The second kappa shape index (κ2) is 6.09. The van der Waals surface area contributed by atoms with E-state index in [0.29, 0.717) is 6.54 Å². The van der Waals surface area contributed by atoms with Gasteiger partial charge in [-0.3, -0.25) is 4.79 Å². The summed E-state index contributed by atoms with van der Waals surface area (Å²) in [5, 5.41) is 7.12. The highest BCUT2D eigenvalue weighted by atomic mass is 16.3. The normalized spacial score (nSPS) is 14.2. The van der Waals surface area contributed by atoms with Gasteiger partial charge in [-0.25, -0.2) is 0 Å². The number of furan rings is 1. The molecule has 0 aliphatic rings. The number of carbonyl (C=O) groups excluding carboxylic acids is 1. The molecule has 0 saturated carbocycles. The standard InChI is InChI=1S/C16H22N2O2/c1-10(9-17-4)16(19)18-12(3)15-11(2)13-7-5-6-8-14(13)20-15/h5-8,10,12,17H,9H2,1-4H3,(H,18,19). The zero-order valence-electron chi connectivity index (χ0n) is 12.5. The van der Waals surface area contributed by atoms with Crippen molar-refractivity contribution >= 4 is 16.9 Å². The molecule has 0 aliphatic heterocycles. The molecule has 1 heterocycles. The second-order valence-corrected chi connectivity index (χ2v) is 5.28. The summed E-state index contributed by atoms with van der Waals surface area (Å²) >= 11 is 0. The molecule has 0 fully saturated rings. The van der Waals surface area contributed by atoms with Crippen LogP contribution in [0.3, 0.4) is 0 Å². The number of benzene rings is 1. The van der Waals surface area contributed by atoms with E-state index in [1.54, 1.807) is 0 Å². The Kier molecular flexibility index (Phi) is 4.45. The molecule has 4 nitrogen and oxygen atoms in total. The summed E-state index contributed by atoms with van der Waals surface area (Å²) in [4.78, 5) is 12.1. The zero-order valence-corrected chi connectivity index (χ0v) is 12.5. The van der Waals surface area contributed by atoms with Gasteiger partial charge < -0.3 is 15.1 Å². The maximum absolute atomic E-state index is 12.1. The lowest BCUT2D eigenvalue weighted by atomic mass is 10.1. The van der Waals surface area contributed by atoms with Gasteiger partial charge >= 0.3 is 0 Å². The van der Waals surface area contributed by atoms with Gasteiger partial charge in [0.1, 0.15) is 11.3 Å². The summed E-state index contributed by atoms with van der Waals surface area (Å²) in [6.07, 6.45) is 0. The highest BCUT2D eigenvalue weighted by Crippen LogP contribution is 2.29. The third-order valence-electron chi connectivity index (χ3n) is 3.59. The van der Waals surface area contributed by atoms with Crippen LogP contribution in [0.15, 0.2) is 28.7 Å². The highest BCUT2D eigenvalue weighted by Gasteiger charge is 2.20. The van der Waals surface area contributed by atoms with Gasteiger partial charge in [0, 0.05) is 23.4 Å². The van der Waals surface area contributed by atoms with Gasteiger partial charge in [0.05, 0.1) is 6.04 Å². The number of amides is 1. The molecular weight excluding hydrogens is 252 g/mol. The fraction of sp³-hybridized carbons (Fsp3) is 0.438. The number of fused-ring (bicyclic) bond motifs is 1. The van der Waals surface area contributed by atoms with Crippen molar-refractivity contribution in [3.63, 3.8) is 0 Å². The van der Waals surface area contributed by atoms with Gasteiger partial charge in [-0.05, 0) is 27.0 Å². The molecule has 1 aromatic heterocycles. The first-order valence-electron chi connectivity index (χ1n) is 6.97. The second-order valence-electron chi connectivity index (χ2n) is 5.28. The van der Waals surface area contributed by atoms with Crippen LogP contribution in [0.25, 0.3) is 11.0 Å². The van der Waals surface area contributed by atoms with Crippen LogP contribution < -0.4 is 10.6 Å². The fourth-order valence-corrected chi connectivity index (χ4v) is 2.43. The van der Waals surface area contributed by atoms with Gasteiger partial charge in [0.25, 0.3) is 0 Å². The highest BCUT2D eigenvalue weighted by molar-refractivity contribution is 5.83. The number of carbonyl (C=O) groups is 1. The minimum atomic E-state index is -0.130. The Morgan fingerprint density at radius 1 is 1.30 bits per heavy atom. The first-order valence-corrected chi connectivity index (χ1v) is 6.97. The maximum Gasteiger partial charge on any atom is 0.224 e.